The van der Waals surface area contributed by atoms with E-state index in [1.165, 1.54) is 18.5 Å². The van der Waals surface area contributed by atoms with Crippen molar-refractivity contribution in [1.29, 1.82) is 0 Å². The number of likely N-dealkylation sites (tertiary alicyclic amines) is 1. The SMILES string of the molecule is C=CC(=O)N1CCC[C@@H](Nc2nc(Nc3cnn(C(F)F)c3)nc3[nH]ccc23)C1. The van der Waals surface area contributed by atoms with E-state index in [4.69, 9.17) is 0 Å². The van der Waals surface area contributed by atoms with Crippen molar-refractivity contribution >= 4 is 34.4 Å². The highest BCUT2D eigenvalue weighted by molar-refractivity contribution is 5.89. The summed E-state index contributed by atoms with van der Waals surface area (Å²) in [6, 6.07) is 1.88. The van der Waals surface area contributed by atoms with Crippen molar-refractivity contribution in [3.05, 3.63) is 37.3 Å². The minimum atomic E-state index is -2.72. The second kappa shape index (κ2) is 7.86. The van der Waals surface area contributed by atoms with Gasteiger partial charge in [0.25, 0.3) is 0 Å². The molecule has 29 heavy (non-hydrogen) atoms. The summed E-state index contributed by atoms with van der Waals surface area (Å²) in [5.41, 5.74) is 0.948. The van der Waals surface area contributed by atoms with E-state index in [9.17, 15) is 13.6 Å². The number of H-pyrrole nitrogens is 1. The molecule has 0 bridgehead atoms. The Morgan fingerprint density at radius 1 is 1.41 bits per heavy atom. The molecule has 1 amide bonds. The lowest BCUT2D eigenvalue weighted by molar-refractivity contribution is -0.127. The van der Waals surface area contributed by atoms with Gasteiger partial charge in [-0.25, -0.2) is 4.68 Å². The van der Waals surface area contributed by atoms with Crippen molar-refractivity contribution in [2.75, 3.05) is 23.7 Å². The highest BCUT2D eigenvalue weighted by Gasteiger charge is 2.23. The zero-order valence-corrected chi connectivity index (χ0v) is 15.5. The normalized spacial score (nSPS) is 16.9. The Balaban J connectivity index is 1.56. The van der Waals surface area contributed by atoms with E-state index in [2.05, 4.69) is 37.3 Å². The van der Waals surface area contributed by atoms with E-state index in [1.807, 2.05) is 6.07 Å². The topological polar surface area (TPSA) is 104 Å². The number of rotatable bonds is 6. The zero-order valence-electron chi connectivity index (χ0n) is 15.5. The van der Waals surface area contributed by atoms with Crippen molar-refractivity contribution in [1.82, 2.24) is 29.6 Å². The van der Waals surface area contributed by atoms with Crippen LogP contribution in [0.1, 0.15) is 19.4 Å². The zero-order chi connectivity index (χ0) is 20.4. The molecule has 1 aliphatic heterocycles. The molecule has 0 unspecified atom stereocenters. The first kappa shape index (κ1) is 18.8. The average Bonchev–Trinajstić information content (AvgIpc) is 3.37. The lowest BCUT2D eigenvalue weighted by Crippen LogP contribution is -2.44. The van der Waals surface area contributed by atoms with Gasteiger partial charge in [-0.1, -0.05) is 6.58 Å². The van der Waals surface area contributed by atoms with Crippen LogP contribution in [-0.4, -0.2) is 54.7 Å². The van der Waals surface area contributed by atoms with E-state index >= 15 is 0 Å². The van der Waals surface area contributed by atoms with Crippen LogP contribution >= 0.6 is 0 Å². The van der Waals surface area contributed by atoms with E-state index in [1.54, 1.807) is 11.1 Å². The van der Waals surface area contributed by atoms with E-state index in [-0.39, 0.29) is 17.9 Å². The predicted octanol–water partition coefficient (Wildman–Crippen LogP) is 2.88. The molecule has 0 spiro atoms. The summed E-state index contributed by atoms with van der Waals surface area (Å²) in [4.78, 5) is 25.6. The van der Waals surface area contributed by atoms with Gasteiger partial charge >= 0.3 is 6.55 Å². The van der Waals surface area contributed by atoms with Crippen LogP contribution in [0.15, 0.2) is 37.3 Å². The van der Waals surface area contributed by atoms with Gasteiger partial charge in [-0.05, 0) is 25.0 Å². The summed E-state index contributed by atoms with van der Waals surface area (Å²) in [7, 11) is 0. The molecule has 3 aromatic heterocycles. The van der Waals surface area contributed by atoms with Crippen molar-refractivity contribution in [2.24, 2.45) is 0 Å². The number of amides is 1. The second-order valence-electron chi connectivity index (χ2n) is 6.72. The maximum atomic E-state index is 12.7. The summed E-state index contributed by atoms with van der Waals surface area (Å²) in [5, 5.41) is 10.7. The standard InChI is InChI=1S/C18H20F2N8O/c1-2-14(29)27-7-3-4-11(9-27)23-16-13-5-6-21-15(13)25-18(26-16)24-12-8-22-28(10-12)17(19)20/h2,5-6,8,10-11,17H,1,3-4,7,9H2,(H3,21,23,24,25,26)/t11-/m1/s1. The highest BCUT2D eigenvalue weighted by atomic mass is 19.3. The van der Waals surface area contributed by atoms with Crippen LogP contribution in [0, 0.1) is 0 Å². The molecular weight excluding hydrogens is 382 g/mol. The van der Waals surface area contributed by atoms with Crippen LogP contribution < -0.4 is 10.6 Å². The van der Waals surface area contributed by atoms with Crippen LogP contribution in [0.2, 0.25) is 0 Å². The molecule has 4 heterocycles. The number of nitrogens with zero attached hydrogens (tertiary/aromatic N) is 5. The van der Waals surface area contributed by atoms with Crippen molar-refractivity contribution in [3.8, 4) is 0 Å². The number of nitrogens with one attached hydrogen (secondary N) is 3. The van der Waals surface area contributed by atoms with Gasteiger partial charge in [0.05, 0.1) is 23.5 Å². The van der Waals surface area contributed by atoms with Gasteiger partial charge in [0, 0.05) is 25.3 Å². The van der Waals surface area contributed by atoms with Gasteiger partial charge in [-0.3, -0.25) is 4.79 Å². The molecule has 3 N–H and O–H groups in total. The predicted molar refractivity (Wildman–Crippen MR) is 104 cm³/mol. The van der Waals surface area contributed by atoms with Gasteiger partial charge in [-0.2, -0.15) is 23.8 Å². The monoisotopic (exact) mass is 402 g/mol. The molecule has 0 radical (unpaired) electrons. The molecule has 0 aliphatic carbocycles. The van der Waals surface area contributed by atoms with Gasteiger partial charge in [0.1, 0.15) is 11.5 Å². The molecule has 1 saturated heterocycles. The third-order valence-electron chi connectivity index (χ3n) is 4.72. The molecule has 0 saturated carbocycles. The van der Waals surface area contributed by atoms with Crippen molar-refractivity contribution in [2.45, 2.75) is 25.4 Å². The summed E-state index contributed by atoms with van der Waals surface area (Å²) in [5.74, 6) is 0.744. The molecule has 1 fully saturated rings. The molecule has 0 aromatic carbocycles. The Kier molecular flexibility index (Phi) is 5.10. The number of anilines is 3. The van der Waals surface area contributed by atoms with E-state index in [0.29, 0.717) is 34.9 Å². The van der Waals surface area contributed by atoms with Crippen molar-refractivity contribution in [3.63, 3.8) is 0 Å². The fourth-order valence-electron chi connectivity index (χ4n) is 3.36. The lowest BCUT2D eigenvalue weighted by atomic mass is 10.1. The summed E-state index contributed by atoms with van der Waals surface area (Å²) >= 11 is 0. The number of hydrogen-bond acceptors (Lipinski definition) is 6. The number of alkyl halides is 2. The summed E-state index contributed by atoms with van der Waals surface area (Å²) in [6.45, 7) is 2.07. The minimum absolute atomic E-state index is 0.0232. The first-order valence-electron chi connectivity index (χ1n) is 9.16. The van der Waals surface area contributed by atoms with Crippen LogP contribution in [0.3, 0.4) is 0 Å². The third-order valence-corrected chi connectivity index (χ3v) is 4.72. The Morgan fingerprint density at radius 2 is 2.28 bits per heavy atom. The number of carbonyl (C=O) groups is 1. The average molecular weight is 402 g/mol. The van der Waals surface area contributed by atoms with E-state index in [0.717, 1.165) is 18.2 Å². The molecule has 1 aliphatic rings. The molecule has 4 rings (SSSR count). The fraction of sp³-hybridized carbons (Fsp3) is 0.333. The number of fused-ring (bicyclic) bond motifs is 1. The highest BCUT2D eigenvalue weighted by Crippen LogP contribution is 2.25. The van der Waals surface area contributed by atoms with Gasteiger partial charge < -0.3 is 20.5 Å². The lowest BCUT2D eigenvalue weighted by Gasteiger charge is -2.33. The maximum Gasteiger partial charge on any atom is 0.333 e. The smallest absolute Gasteiger partial charge is 0.333 e. The number of aromatic nitrogens is 5. The Bertz CT molecular complexity index is 1030. The molecular formula is C18H20F2N8O. The van der Waals surface area contributed by atoms with Crippen LogP contribution in [0.5, 0.6) is 0 Å². The maximum absolute atomic E-state index is 12.7. The number of carbonyl (C=O) groups excluding carboxylic acids is 1. The van der Waals surface area contributed by atoms with Crippen molar-refractivity contribution < 1.29 is 13.6 Å². The largest absolute Gasteiger partial charge is 0.365 e. The van der Waals surface area contributed by atoms with Gasteiger partial charge in [0.2, 0.25) is 11.9 Å². The molecule has 3 aromatic rings. The minimum Gasteiger partial charge on any atom is -0.365 e. The Hall–Kier alpha value is -3.50. The molecule has 11 heteroatoms. The van der Waals surface area contributed by atoms with Gasteiger partial charge in [-0.15, -0.1) is 0 Å². The number of aromatic amines is 1. The first-order valence-corrected chi connectivity index (χ1v) is 9.16. The molecule has 9 nitrogen and oxygen atoms in total. The third kappa shape index (κ3) is 4.03. The van der Waals surface area contributed by atoms with Crippen LogP contribution in [0.4, 0.5) is 26.2 Å². The quantitative estimate of drug-likeness (QED) is 0.548. The summed E-state index contributed by atoms with van der Waals surface area (Å²) in [6.07, 6.45) is 7.29. The van der Waals surface area contributed by atoms with Crippen LogP contribution in [-0.2, 0) is 4.79 Å². The Labute approximate surface area is 164 Å². The molecule has 1 atom stereocenters. The van der Waals surface area contributed by atoms with Gasteiger partial charge in [0.15, 0.2) is 0 Å². The number of hydrogen-bond donors (Lipinski definition) is 3. The first-order chi connectivity index (χ1) is 14.0. The fourth-order valence-corrected chi connectivity index (χ4v) is 3.36. The molecule has 152 valence electrons. The summed E-state index contributed by atoms with van der Waals surface area (Å²) < 4.78 is 26.0. The number of piperidine rings is 1. The van der Waals surface area contributed by atoms with Crippen LogP contribution in [0.25, 0.3) is 11.0 Å². The second-order valence-corrected chi connectivity index (χ2v) is 6.72. The van der Waals surface area contributed by atoms with E-state index < -0.39 is 6.55 Å². The Morgan fingerprint density at radius 3 is 3.03 bits per heavy atom. The number of halogens is 2.